The van der Waals surface area contributed by atoms with Crippen LogP contribution in [0.4, 0.5) is 0 Å². The van der Waals surface area contributed by atoms with Gasteiger partial charge in [-0.1, -0.05) is 70.9 Å². The lowest BCUT2D eigenvalue weighted by Gasteiger charge is -2.14. The van der Waals surface area contributed by atoms with Crippen LogP contribution in [0.5, 0.6) is 0 Å². The van der Waals surface area contributed by atoms with Crippen molar-refractivity contribution in [1.29, 1.82) is 0 Å². The van der Waals surface area contributed by atoms with E-state index < -0.39 is 0 Å². The van der Waals surface area contributed by atoms with Gasteiger partial charge in [0.15, 0.2) is 0 Å². The first-order chi connectivity index (χ1) is 14.8. The van der Waals surface area contributed by atoms with Crippen LogP contribution in [-0.4, -0.2) is 12.1 Å². The molecule has 1 aromatic rings. The van der Waals surface area contributed by atoms with Gasteiger partial charge in [0.05, 0.1) is 0 Å². The lowest BCUT2D eigenvalue weighted by Crippen LogP contribution is -2.14. The fourth-order valence-corrected chi connectivity index (χ4v) is 3.06. The van der Waals surface area contributed by atoms with E-state index in [4.69, 9.17) is 4.74 Å². The minimum Gasteiger partial charge on any atom is -0.455 e. The zero-order valence-electron chi connectivity index (χ0n) is 20.3. The van der Waals surface area contributed by atoms with Crippen LogP contribution < -0.4 is 0 Å². The Morgan fingerprint density at radius 1 is 0.839 bits per heavy atom. The van der Waals surface area contributed by atoms with Crippen LogP contribution in [-0.2, 0) is 9.53 Å². The van der Waals surface area contributed by atoms with Gasteiger partial charge in [0, 0.05) is 12.5 Å². The van der Waals surface area contributed by atoms with E-state index in [2.05, 4.69) is 65.8 Å². The van der Waals surface area contributed by atoms with E-state index in [1.165, 1.54) is 28.4 Å². The van der Waals surface area contributed by atoms with Crippen LogP contribution in [0.15, 0.2) is 83.0 Å². The number of hydrogen-bond donors (Lipinski definition) is 0. The standard InChI is InChI=1S/C29H40O2/c1-23(2)12-10-14-25(5)18-20-28(22-26(6)15-11-13-24(3)4)31-29(30)21-19-27-16-8-7-9-17-27/h7-9,12-13,16-19,21-22,28H,10-11,14-15,20H2,1-6H3/b21-19+,25-18+,26-22+. The minimum absolute atomic E-state index is 0.252. The molecule has 0 amide bonds. The van der Waals surface area contributed by atoms with Crippen molar-refractivity contribution in [2.75, 3.05) is 0 Å². The van der Waals surface area contributed by atoms with Crippen molar-refractivity contribution in [3.05, 3.63) is 88.6 Å². The molecule has 0 bridgehead atoms. The fourth-order valence-electron chi connectivity index (χ4n) is 3.06. The van der Waals surface area contributed by atoms with Crippen LogP contribution in [0.3, 0.4) is 0 Å². The molecule has 1 aromatic carbocycles. The summed E-state index contributed by atoms with van der Waals surface area (Å²) in [4.78, 5) is 12.4. The summed E-state index contributed by atoms with van der Waals surface area (Å²) in [5.74, 6) is -0.308. The molecule has 0 spiro atoms. The van der Waals surface area contributed by atoms with E-state index >= 15 is 0 Å². The average molecular weight is 421 g/mol. The van der Waals surface area contributed by atoms with Gasteiger partial charge in [-0.15, -0.1) is 0 Å². The van der Waals surface area contributed by atoms with E-state index in [9.17, 15) is 4.79 Å². The topological polar surface area (TPSA) is 26.3 Å². The van der Waals surface area contributed by atoms with Gasteiger partial charge in [0.2, 0.25) is 0 Å². The lowest BCUT2D eigenvalue weighted by molar-refractivity contribution is -0.140. The zero-order valence-corrected chi connectivity index (χ0v) is 20.3. The first-order valence-electron chi connectivity index (χ1n) is 11.3. The molecule has 0 saturated carbocycles. The molecule has 0 aliphatic rings. The van der Waals surface area contributed by atoms with Crippen molar-refractivity contribution < 1.29 is 9.53 Å². The Morgan fingerprint density at radius 3 is 2.00 bits per heavy atom. The van der Waals surface area contributed by atoms with E-state index in [1.807, 2.05) is 30.3 Å². The van der Waals surface area contributed by atoms with Crippen LogP contribution in [0.25, 0.3) is 6.08 Å². The van der Waals surface area contributed by atoms with Gasteiger partial charge in [-0.2, -0.15) is 0 Å². The molecule has 0 aromatic heterocycles. The molecular formula is C29H40O2. The number of carbonyl (C=O) groups is 1. The number of rotatable bonds is 12. The summed E-state index contributed by atoms with van der Waals surface area (Å²) >= 11 is 0. The maximum absolute atomic E-state index is 12.4. The smallest absolute Gasteiger partial charge is 0.331 e. The fraction of sp³-hybridized carbons (Fsp3) is 0.414. The number of hydrogen-bond acceptors (Lipinski definition) is 2. The minimum atomic E-state index is -0.308. The van der Waals surface area contributed by atoms with Crippen LogP contribution in [0, 0.1) is 0 Å². The number of esters is 1. The second-order valence-corrected chi connectivity index (χ2v) is 8.66. The monoisotopic (exact) mass is 420 g/mol. The van der Waals surface area contributed by atoms with E-state index in [0.717, 1.165) is 31.2 Å². The molecule has 2 heteroatoms. The highest BCUT2D eigenvalue weighted by Gasteiger charge is 2.10. The molecule has 31 heavy (non-hydrogen) atoms. The van der Waals surface area contributed by atoms with E-state index in [-0.39, 0.29) is 12.1 Å². The normalized spacial score (nSPS) is 13.1. The third-order valence-corrected chi connectivity index (χ3v) is 4.83. The molecule has 0 heterocycles. The van der Waals surface area contributed by atoms with E-state index in [0.29, 0.717) is 6.42 Å². The highest BCUT2D eigenvalue weighted by atomic mass is 16.5. The molecule has 1 unspecified atom stereocenters. The molecule has 0 aliphatic carbocycles. The molecule has 0 saturated heterocycles. The molecular weight excluding hydrogens is 380 g/mol. The van der Waals surface area contributed by atoms with Gasteiger partial charge in [-0.3, -0.25) is 0 Å². The third-order valence-electron chi connectivity index (χ3n) is 4.83. The first-order valence-corrected chi connectivity index (χ1v) is 11.3. The molecule has 0 N–H and O–H groups in total. The Balaban J connectivity index is 2.80. The van der Waals surface area contributed by atoms with Crippen molar-refractivity contribution in [2.45, 2.75) is 79.8 Å². The molecule has 0 fully saturated rings. The Kier molecular flexibility index (Phi) is 13.0. The highest BCUT2D eigenvalue weighted by molar-refractivity contribution is 5.87. The molecule has 0 radical (unpaired) electrons. The zero-order chi connectivity index (χ0) is 23.1. The summed E-state index contributed by atoms with van der Waals surface area (Å²) in [6, 6.07) is 9.80. The second kappa shape index (κ2) is 15.2. The lowest BCUT2D eigenvalue weighted by atomic mass is 10.0. The van der Waals surface area contributed by atoms with Gasteiger partial charge < -0.3 is 4.74 Å². The van der Waals surface area contributed by atoms with Crippen LogP contribution >= 0.6 is 0 Å². The summed E-state index contributed by atoms with van der Waals surface area (Å²) in [6.45, 7) is 12.8. The summed E-state index contributed by atoms with van der Waals surface area (Å²) in [5.41, 5.74) is 6.24. The third kappa shape index (κ3) is 14.1. The number of carbonyl (C=O) groups excluding carboxylic acids is 1. The van der Waals surface area contributed by atoms with Crippen LogP contribution in [0.1, 0.15) is 79.2 Å². The number of allylic oxidation sites excluding steroid dienone is 6. The predicted octanol–water partition coefficient (Wildman–Crippen LogP) is 8.39. The van der Waals surface area contributed by atoms with Crippen molar-refractivity contribution in [1.82, 2.24) is 0 Å². The average Bonchev–Trinajstić information content (AvgIpc) is 2.70. The second-order valence-electron chi connectivity index (χ2n) is 8.66. The Labute approximate surface area is 190 Å². The summed E-state index contributed by atoms with van der Waals surface area (Å²) in [6.07, 6.45) is 16.6. The van der Waals surface area contributed by atoms with Gasteiger partial charge in [-0.05, 0) is 84.9 Å². The largest absolute Gasteiger partial charge is 0.455 e. The molecule has 0 aliphatic heterocycles. The molecule has 1 rings (SSSR count). The number of ether oxygens (including phenoxy) is 1. The van der Waals surface area contributed by atoms with Gasteiger partial charge in [0.1, 0.15) is 6.10 Å². The Bertz CT molecular complexity index is 812. The summed E-state index contributed by atoms with van der Waals surface area (Å²) < 4.78 is 5.79. The SMILES string of the molecule is CC(C)=CCC/C(C)=C/CC(/C=C(\C)CCC=C(C)C)OC(=O)/C=C/c1ccccc1. The first kappa shape index (κ1) is 26.4. The van der Waals surface area contributed by atoms with Gasteiger partial charge in [0.25, 0.3) is 0 Å². The maximum atomic E-state index is 12.4. The van der Waals surface area contributed by atoms with Crippen molar-refractivity contribution >= 4 is 12.0 Å². The number of benzene rings is 1. The van der Waals surface area contributed by atoms with Crippen molar-refractivity contribution in [3.63, 3.8) is 0 Å². The maximum Gasteiger partial charge on any atom is 0.331 e. The molecule has 1 atom stereocenters. The van der Waals surface area contributed by atoms with Gasteiger partial charge in [-0.25, -0.2) is 4.79 Å². The van der Waals surface area contributed by atoms with Gasteiger partial charge >= 0.3 is 5.97 Å². The molecule has 2 nitrogen and oxygen atoms in total. The van der Waals surface area contributed by atoms with Crippen molar-refractivity contribution in [2.24, 2.45) is 0 Å². The quantitative estimate of drug-likeness (QED) is 0.193. The highest BCUT2D eigenvalue weighted by Crippen LogP contribution is 2.15. The predicted molar refractivity (Wildman–Crippen MR) is 135 cm³/mol. The molecule has 168 valence electrons. The Morgan fingerprint density at radius 2 is 1.42 bits per heavy atom. The summed E-state index contributed by atoms with van der Waals surface area (Å²) in [5, 5.41) is 0. The Hall–Kier alpha value is -2.61. The van der Waals surface area contributed by atoms with Crippen molar-refractivity contribution in [3.8, 4) is 0 Å². The van der Waals surface area contributed by atoms with Crippen LogP contribution in [0.2, 0.25) is 0 Å². The van der Waals surface area contributed by atoms with E-state index in [1.54, 1.807) is 6.08 Å². The summed E-state index contributed by atoms with van der Waals surface area (Å²) in [7, 11) is 0.